The SMILES string of the molecule is CC1(C(=N)Nc2ccc(F)cc2)CCN(c2nc3[nH]nc(-c4ccnc(N)c4Cl)c3nc2CO)CC1. The number of nitrogens with one attached hydrogen (secondary N) is 3. The molecule has 186 valence electrons. The smallest absolute Gasteiger partial charge is 0.177 e. The number of rotatable bonds is 5. The van der Waals surface area contributed by atoms with Crippen molar-refractivity contribution in [3.05, 3.63) is 53.1 Å². The highest BCUT2D eigenvalue weighted by molar-refractivity contribution is 6.35. The number of H-pyrrole nitrogens is 1. The molecule has 6 N–H and O–H groups in total. The number of hydrogen-bond donors (Lipinski definition) is 5. The van der Waals surface area contributed by atoms with E-state index in [9.17, 15) is 9.50 Å². The van der Waals surface area contributed by atoms with Crippen molar-refractivity contribution in [2.45, 2.75) is 26.4 Å². The first-order chi connectivity index (χ1) is 17.3. The molecule has 0 amide bonds. The van der Waals surface area contributed by atoms with E-state index in [2.05, 4.69) is 30.4 Å². The zero-order valence-corrected chi connectivity index (χ0v) is 20.3. The number of aliphatic hydroxyl groups is 1. The number of aliphatic hydroxyl groups excluding tert-OH is 1. The molecule has 5 rings (SSSR count). The number of piperidine rings is 1. The van der Waals surface area contributed by atoms with Gasteiger partial charge in [0, 0.05) is 36.0 Å². The number of amidine groups is 1. The summed E-state index contributed by atoms with van der Waals surface area (Å²) in [5.74, 6) is 0.819. The van der Waals surface area contributed by atoms with Gasteiger partial charge >= 0.3 is 0 Å². The first kappa shape index (κ1) is 23.9. The predicted molar refractivity (Wildman–Crippen MR) is 138 cm³/mol. The van der Waals surface area contributed by atoms with Gasteiger partial charge in [-0.3, -0.25) is 10.5 Å². The Hall–Kier alpha value is -3.83. The van der Waals surface area contributed by atoms with Crippen LogP contribution in [0.1, 0.15) is 25.5 Å². The zero-order valence-electron chi connectivity index (χ0n) is 19.5. The van der Waals surface area contributed by atoms with E-state index in [-0.39, 0.29) is 28.7 Å². The second kappa shape index (κ2) is 9.32. The summed E-state index contributed by atoms with van der Waals surface area (Å²) < 4.78 is 13.2. The number of halogens is 2. The standard InChI is InChI=1S/C24H25ClFN9O/c1-24(23(28)30-14-4-2-13(26)3-5-14)7-10-35(11-8-24)22-16(12-36)31-19-18(33-34-21(19)32-22)15-6-9-29-20(27)17(15)25/h2-6,9,36H,7-8,10-12H2,1H3,(H2,27,29)(H2,28,30)(H,32,33,34). The third-order valence-corrected chi connectivity index (χ3v) is 7.05. The van der Waals surface area contributed by atoms with E-state index in [0.717, 1.165) is 0 Å². The van der Waals surface area contributed by atoms with Gasteiger partial charge in [0.25, 0.3) is 0 Å². The Bertz CT molecular complexity index is 1430. The van der Waals surface area contributed by atoms with Gasteiger partial charge in [-0.25, -0.2) is 19.3 Å². The molecule has 0 atom stereocenters. The van der Waals surface area contributed by atoms with Crippen LogP contribution in [-0.4, -0.2) is 49.2 Å². The largest absolute Gasteiger partial charge is 0.390 e. The first-order valence-electron chi connectivity index (χ1n) is 11.4. The molecule has 4 aromatic rings. The van der Waals surface area contributed by atoms with Gasteiger partial charge in [-0.2, -0.15) is 5.10 Å². The van der Waals surface area contributed by atoms with Crippen molar-refractivity contribution in [1.29, 1.82) is 5.41 Å². The third kappa shape index (κ3) is 4.31. The fraction of sp³-hybridized carbons (Fsp3) is 0.292. The molecular formula is C24H25ClFN9O. The van der Waals surface area contributed by atoms with Crippen molar-refractivity contribution >= 4 is 45.9 Å². The molecule has 0 spiro atoms. The summed E-state index contributed by atoms with van der Waals surface area (Å²) in [7, 11) is 0. The number of fused-ring (bicyclic) bond motifs is 1. The topological polar surface area (TPSA) is 153 Å². The summed E-state index contributed by atoms with van der Waals surface area (Å²) in [6.07, 6.45) is 2.91. The number of nitrogens with zero attached hydrogens (tertiary/aromatic N) is 5. The van der Waals surface area contributed by atoms with Crippen LogP contribution in [0.3, 0.4) is 0 Å². The van der Waals surface area contributed by atoms with Crippen LogP contribution in [0, 0.1) is 16.6 Å². The number of nitrogens with two attached hydrogens (primary N) is 1. The minimum atomic E-state index is -0.388. The Morgan fingerprint density at radius 2 is 1.97 bits per heavy atom. The van der Waals surface area contributed by atoms with Gasteiger partial charge in [0.2, 0.25) is 0 Å². The summed E-state index contributed by atoms with van der Waals surface area (Å²) in [5.41, 5.74) is 8.54. The van der Waals surface area contributed by atoms with Crippen LogP contribution in [0.15, 0.2) is 36.5 Å². The van der Waals surface area contributed by atoms with Gasteiger partial charge in [0.05, 0.1) is 11.6 Å². The van der Waals surface area contributed by atoms with Crippen molar-refractivity contribution in [3.63, 3.8) is 0 Å². The maximum absolute atomic E-state index is 13.2. The Balaban J connectivity index is 1.37. The van der Waals surface area contributed by atoms with Crippen LogP contribution in [0.2, 0.25) is 5.02 Å². The highest BCUT2D eigenvalue weighted by atomic mass is 35.5. The van der Waals surface area contributed by atoms with Gasteiger partial charge in [-0.15, -0.1) is 0 Å². The lowest BCUT2D eigenvalue weighted by Gasteiger charge is -2.40. The Morgan fingerprint density at radius 1 is 1.25 bits per heavy atom. The average Bonchev–Trinajstić information content (AvgIpc) is 3.29. The monoisotopic (exact) mass is 509 g/mol. The summed E-state index contributed by atoms with van der Waals surface area (Å²) >= 11 is 6.34. The van der Waals surface area contributed by atoms with Gasteiger partial charge < -0.3 is 21.1 Å². The van der Waals surface area contributed by atoms with Crippen LogP contribution in [-0.2, 0) is 6.61 Å². The normalized spacial score (nSPS) is 15.3. The van der Waals surface area contributed by atoms with E-state index in [1.165, 1.54) is 12.1 Å². The average molecular weight is 510 g/mol. The molecule has 10 nitrogen and oxygen atoms in total. The van der Waals surface area contributed by atoms with E-state index < -0.39 is 0 Å². The lowest BCUT2D eigenvalue weighted by Crippen LogP contribution is -2.45. The second-order valence-electron chi connectivity index (χ2n) is 9.03. The molecule has 12 heteroatoms. The highest BCUT2D eigenvalue weighted by Crippen LogP contribution is 2.37. The van der Waals surface area contributed by atoms with E-state index >= 15 is 0 Å². The lowest BCUT2D eigenvalue weighted by atomic mass is 9.79. The van der Waals surface area contributed by atoms with Crippen molar-refractivity contribution in [3.8, 4) is 11.3 Å². The van der Waals surface area contributed by atoms with E-state index in [4.69, 9.17) is 27.7 Å². The minimum Gasteiger partial charge on any atom is -0.390 e. The molecule has 4 heterocycles. The van der Waals surface area contributed by atoms with Gasteiger partial charge in [0.15, 0.2) is 11.5 Å². The lowest BCUT2D eigenvalue weighted by molar-refractivity contribution is 0.276. The minimum absolute atomic E-state index is 0.188. The number of anilines is 3. The molecule has 1 saturated heterocycles. The van der Waals surface area contributed by atoms with Crippen LogP contribution < -0.4 is 16.0 Å². The number of benzene rings is 1. The number of pyridine rings is 1. The molecule has 0 bridgehead atoms. The van der Waals surface area contributed by atoms with Crippen LogP contribution in [0.25, 0.3) is 22.4 Å². The number of aromatic amines is 1. The molecular weight excluding hydrogens is 485 g/mol. The van der Waals surface area contributed by atoms with Crippen LogP contribution in [0.4, 0.5) is 21.7 Å². The molecule has 1 fully saturated rings. The second-order valence-corrected chi connectivity index (χ2v) is 9.41. The summed E-state index contributed by atoms with van der Waals surface area (Å²) in [6.45, 7) is 2.97. The molecule has 0 radical (unpaired) electrons. The van der Waals surface area contributed by atoms with Crippen molar-refractivity contribution in [1.82, 2.24) is 25.1 Å². The van der Waals surface area contributed by atoms with Crippen molar-refractivity contribution < 1.29 is 9.50 Å². The van der Waals surface area contributed by atoms with Crippen molar-refractivity contribution in [2.24, 2.45) is 5.41 Å². The van der Waals surface area contributed by atoms with E-state index in [1.54, 1.807) is 24.4 Å². The van der Waals surface area contributed by atoms with Gasteiger partial charge in [-0.05, 0) is 43.2 Å². The maximum Gasteiger partial charge on any atom is 0.177 e. The molecule has 1 aliphatic heterocycles. The molecule has 1 aliphatic rings. The molecule has 0 saturated carbocycles. The molecule has 0 aliphatic carbocycles. The van der Waals surface area contributed by atoms with E-state index in [0.29, 0.717) is 71.4 Å². The van der Waals surface area contributed by atoms with E-state index in [1.807, 2.05) is 6.92 Å². The fourth-order valence-electron chi connectivity index (χ4n) is 4.35. The Kier molecular flexibility index (Phi) is 6.19. The quantitative estimate of drug-likeness (QED) is 0.200. The van der Waals surface area contributed by atoms with Gasteiger partial charge in [-0.1, -0.05) is 18.5 Å². The van der Waals surface area contributed by atoms with Crippen LogP contribution in [0.5, 0.6) is 0 Å². The van der Waals surface area contributed by atoms with Gasteiger partial charge in [0.1, 0.15) is 34.4 Å². The first-order valence-corrected chi connectivity index (χ1v) is 11.8. The summed E-state index contributed by atoms with van der Waals surface area (Å²) in [4.78, 5) is 15.4. The van der Waals surface area contributed by atoms with Crippen LogP contribution >= 0.6 is 11.6 Å². The number of aromatic nitrogens is 5. The third-order valence-electron chi connectivity index (χ3n) is 6.65. The number of hydrogen-bond acceptors (Lipinski definition) is 8. The zero-order chi connectivity index (χ0) is 25.4. The Labute approximate surface area is 211 Å². The molecule has 0 unspecified atom stereocenters. The molecule has 1 aromatic carbocycles. The number of nitrogen functional groups attached to an aromatic ring is 1. The Morgan fingerprint density at radius 3 is 2.67 bits per heavy atom. The predicted octanol–water partition coefficient (Wildman–Crippen LogP) is 3.98. The summed E-state index contributed by atoms with van der Waals surface area (Å²) in [6, 6.07) is 7.66. The van der Waals surface area contributed by atoms with Crippen molar-refractivity contribution in [2.75, 3.05) is 29.0 Å². The molecule has 36 heavy (non-hydrogen) atoms. The maximum atomic E-state index is 13.2. The fourth-order valence-corrected chi connectivity index (χ4v) is 4.55. The highest BCUT2D eigenvalue weighted by Gasteiger charge is 2.35. The molecule has 3 aromatic heterocycles. The summed E-state index contributed by atoms with van der Waals surface area (Å²) in [5, 5.41) is 29.3.